The van der Waals surface area contributed by atoms with Gasteiger partial charge in [-0.1, -0.05) is 60.1 Å². The molecule has 0 saturated carbocycles. The van der Waals surface area contributed by atoms with Crippen molar-refractivity contribution in [1.82, 2.24) is 4.98 Å². The highest BCUT2D eigenvalue weighted by molar-refractivity contribution is 7.17. The van der Waals surface area contributed by atoms with Crippen LogP contribution in [0.3, 0.4) is 0 Å². The Morgan fingerprint density at radius 3 is 2.40 bits per heavy atom. The summed E-state index contributed by atoms with van der Waals surface area (Å²) in [7, 11) is 0. The summed E-state index contributed by atoms with van der Waals surface area (Å²) < 4.78 is 0. The monoisotopic (exact) mass is 299 g/mol. The molecular weight excluding hydrogens is 290 g/mol. The third-order valence-electron chi connectivity index (χ3n) is 2.91. The number of aldehydes is 1. The smallest absolute Gasteiger partial charge is 0.178 e. The minimum atomic E-state index is 0.457. The van der Waals surface area contributed by atoms with Gasteiger partial charge in [0.25, 0.3) is 0 Å². The van der Waals surface area contributed by atoms with Crippen LogP contribution in [-0.4, -0.2) is 11.3 Å². The van der Waals surface area contributed by atoms with Gasteiger partial charge < -0.3 is 0 Å². The maximum Gasteiger partial charge on any atom is 0.178 e. The molecule has 0 spiro atoms. The molecule has 0 atom stereocenters. The van der Waals surface area contributed by atoms with Crippen LogP contribution in [0.2, 0.25) is 5.02 Å². The van der Waals surface area contributed by atoms with Gasteiger partial charge in [-0.25, -0.2) is 4.98 Å². The van der Waals surface area contributed by atoms with E-state index in [0.717, 1.165) is 28.0 Å². The van der Waals surface area contributed by atoms with Gasteiger partial charge >= 0.3 is 0 Å². The maximum absolute atomic E-state index is 11.0. The number of carbonyl (C=O) groups excluding carboxylic acids is 1. The lowest BCUT2D eigenvalue weighted by atomic mass is 10.1. The van der Waals surface area contributed by atoms with Gasteiger partial charge in [-0.2, -0.15) is 0 Å². The van der Waals surface area contributed by atoms with Crippen LogP contribution in [0.4, 0.5) is 0 Å². The number of rotatable bonds is 3. The Morgan fingerprint density at radius 1 is 1.00 bits per heavy atom. The number of halogens is 1. The van der Waals surface area contributed by atoms with Crippen molar-refractivity contribution in [2.45, 2.75) is 0 Å². The van der Waals surface area contributed by atoms with E-state index in [0.29, 0.717) is 10.0 Å². The fourth-order valence-corrected chi connectivity index (χ4v) is 3.13. The molecule has 0 amide bonds. The average Bonchev–Trinajstić information content (AvgIpc) is 2.93. The fraction of sp³-hybridized carbons (Fsp3) is 0. The predicted octanol–water partition coefficient (Wildman–Crippen LogP) is 4.94. The van der Waals surface area contributed by atoms with Crippen molar-refractivity contribution in [2.75, 3.05) is 0 Å². The minimum absolute atomic E-state index is 0.457. The Balaban J connectivity index is 2.23. The third kappa shape index (κ3) is 2.38. The van der Waals surface area contributed by atoms with Crippen LogP contribution in [0.5, 0.6) is 0 Å². The molecule has 0 radical (unpaired) electrons. The van der Waals surface area contributed by atoms with Crippen molar-refractivity contribution in [3.63, 3.8) is 0 Å². The van der Waals surface area contributed by atoms with E-state index < -0.39 is 0 Å². The van der Waals surface area contributed by atoms with E-state index >= 15 is 0 Å². The molecule has 0 saturated heterocycles. The van der Waals surface area contributed by atoms with Gasteiger partial charge in [0.2, 0.25) is 0 Å². The Bertz CT molecular complexity index is 752. The molecule has 0 N–H and O–H groups in total. The Kier molecular flexibility index (Phi) is 3.63. The van der Waals surface area contributed by atoms with Crippen LogP contribution in [0, 0.1) is 0 Å². The molecule has 0 aliphatic carbocycles. The molecule has 3 rings (SSSR count). The number of hydrogen-bond acceptors (Lipinski definition) is 3. The van der Waals surface area contributed by atoms with Crippen molar-refractivity contribution in [2.24, 2.45) is 0 Å². The van der Waals surface area contributed by atoms with Gasteiger partial charge in [0.05, 0.1) is 15.6 Å². The fourth-order valence-electron chi connectivity index (χ4n) is 2.01. The van der Waals surface area contributed by atoms with Crippen molar-refractivity contribution >= 4 is 29.2 Å². The highest BCUT2D eigenvalue weighted by atomic mass is 35.5. The predicted molar refractivity (Wildman–Crippen MR) is 83.4 cm³/mol. The van der Waals surface area contributed by atoms with E-state index in [2.05, 4.69) is 4.98 Å². The first-order valence-electron chi connectivity index (χ1n) is 6.06. The molecule has 2 aromatic carbocycles. The van der Waals surface area contributed by atoms with E-state index in [-0.39, 0.29) is 0 Å². The maximum atomic E-state index is 11.0. The van der Waals surface area contributed by atoms with Gasteiger partial charge in [0, 0.05) is 5.56 Å². The zero-order valence-electron chi connectivity index (χ0n) is 10.4. The molecule has 0 fully saturated rings. The Morgan fingerprint density at radius 2 is 1.70 bits per heavy atom. The molecule has 0 aliphatic heterocycles. The zero-order chi connectivity index (χ0) is 13.9. The molecule has 0 bridgehead atoms. The lowest BCUT2D eigenvalue weighted by molar-refractivity contribution is 0.112. The molecule has 20 heavy (non-hydrogen) atoms. The molecule has 4 heteroatoms. The first-order valence-corrected chi connectivity index (χ1v) is 7.25. The first-order chi connectivity index (χ1) is 9.79. The standard InChI is InChI=1S/C16H10ClNOS/c17-13-9-5-4-8-12(13)15-16(20-14(10-19)18-15)11-6-2-1-3-7-11/h1-10H. The summed E-state index contributed by atoms with van der Waals surface area (Å²) in [4.78, 5) is 16.4. The lowest BCUT2D eigenvalue weighted by Gasteiger charge is -2.04. The minimum Gasteiger partial charge on any atom is -0.295 e. The highest BCUT2D eigenvalue weighted by Gasteiger charge is 2.16. The third-order valence-corrected chi connectivity index (χ3v) is 4.27. The molecular formula is C16H10ClNOS. The Labute approximate surface area is 125 Å². The summed E-state index contributed by atoms with van der Waals surface area (Å²) in [5.74, 6) is 0. The summed E-state index contributed by atoms with van der Waals surface area (Å²) >= 11 is 7.63. The number of aromatic nitrogens is 1. The average molecular weight is 300 g/mol. The van der Waals surface area contributed by atoms with E-state index in [4.69, 9.17) is 11.6 Å². The van der Waals surface area contributed by atoms with Crippen molar-refractivity contribution in [3.8, 4) is 21.7 Å². The lowest BCUT2D eigenvalue weighted by Crippen LogP contribution is -1.84. The number of carbonyl (C=O) groups is 1. The van der Waals surface area contributed by atoms with Crippen molar-refractivity contribution in [1.29, 1.82) is 0 Å². The largest absolute Gasteiger partial charge is 0.295 e. The summed E-state index contributed by atoms with van der Waals surface area (Å²) in [6.45, 7) is 0. The quantitative estimate of drug-likeness (QED) is 0.641. The molecule has 1 aromatic heterocycles. The summed E-state index contributed by atoms with van der Waals surface area (Å²) in [5.41, 5.74) is 2.64. The van der Waals surface area contributed by atoms with Gasteiger partial charge in [0.1, 0.15) is 0 Å². The summed E-state index contributed by atoms with van der Waals surface area (Å²) in [6.07, 6.45) is 0.775. The number of hydrogen-bond donors (Lipinski definition) is 0. The molecule has 3 aromatic rings. The van der Waals surface area contributed by atoms with Crippen molar-refractivity contribution < 1.29 is 4.79 Å². The van der Waals surface area contributed by atoms with Crippen LogP contribution in [0.1, 0.15) is 9.80 Å². The van der Waals surface area contributed by atoms with Crippen LogP contribution < -0.4 is 0 Å². The number of nitrogens with zero attached hydrogens (tertiary/aromatic N) is 1. The topological polar surface area (TPSA) is 30.0 Å². The SMILES string of the molecule is O=Cc1nc(-c2ccccc2Cl)c(-c2ccccc2)s1. The van der Waals surface area contributed by atoms with Gasteiger partial charge in [0.15, 0.2) is 11.3 Å². The Hall–Kier alpha value is -1.97. The molecule has 0 unspecified atom stereocenters. The van der Waals surface area contributed by atoms with Gasteiger partial charge in [-0.3, -0.25) is 4.79 Å². The van der Waals surface area contributed by atoms with Crippen LogP contribution in [0.25, 0.3) is 21.7 Å². The number of thiazole rings is 1. The van der Waals surface area contributed by atoms with E-state index in [1.54, 1.807) is 0 Å². The van der Waals surface area contributed by atoms with Crippen LogP contribution in [0.15, 0.2) is 54.6 Å². The van der Waals surface area contributed by atoms with Gasteiger partial charge in [-0.15, -0.1) is 11.3 Å². The van der Waals surface area contributed by atoms with E-state index in [1.807, 2.05) is 54.6 Å². The zero-order valence-corrected chi connectivity index (χ0v) is 12.0. The van der Waals surface area contributed by atoms with Crippen LogP contribution >= 0.6 is 22.9 Å². The normalized spacial score (nSPS) is 10.4. The van der Waals surface area contributed by atoms with Crippen LogP contribution in [-0.2, 0) is 0 Å². The molecule has 2 nitrogen and oxygen atoms in total. The highest BCUT2D eigenvalue weighted by Crippen LogP contribution is 2.38. The summed E-state index contributed by atoms with van der Waals surface area (Å²) in [5, 5.41) is 1.09. The second kappa shape index (κ2) is 5.57. The molecule has 1 heterocycles. The molecule has 98 valence electrons. The second-order valence-corrected chi connectivity index (χ2v) is 5.63. The van der Waals surface area contributed by atoms with E-state index in [9.17, 15) is 4.79 Å². The molecule has 0 aliphatic rings. The number of benzene rings is 2. The van der Waals surface area contributed by atoms with Gasteiger partial charge in [-0.05, 0) is 11.6 Å². The second-order valence-electron chi connectivity index (χ2n) is 4.19. The van der Waals surface area contributed by atoms with Crippen molar-refractivity contribution in [3.05, 3.63) is 64.6 Å². The first kappa shape index (κ1) is 13.0. The summed E-state index contributed by atoms with van der Waals surface area (Å²) in [6, 6.07) is 17.4. The van der Waals surface area contributed by atoms with E-state index in [1.165, 1.54) is 11.3 Å².